The molecular weight excluding hydrogens is 384 g/mol. The minimum atomic E-state index is 0.0767. The minimum Gasteiger partial charge on any atom is -0.356 e. The Morgan fingerprint density at radius 3 is 2.42 bits per heavy atom. The number of hydrogen-bond acceptors (Lipinski definition) is 3. The van der Waals surface area contributed by atoms with Crippen LogP contribution in [-0.2, 0) is 0 Å². The van der Waals surface area contributed by atoms with Gasteiger partial charge in [-0.25, -0.2) is 4.68 Å². The lowest BCUT2D eigenvalue weighted by atomic mass is 9.54. The van der Waals surface area contributed by atoms with E-state index in [-0.39, 0.29) is 5.91 Å². The average molecular weight is 419 g/mol. The smallest absolute Gasteiger partial charge is 0.256 e. The van der Waals surface area contributed by atoms with E-state index in [0.717, 1.165) is 48.4 Å². The van der Waals surface area contributed by atoms with Gasteiger partial charge in [-0.2, -0.15) is 5.10 Å². The van der Waals surface area contributed by atoms with Crippen LogP contribution in [0, 0.1) is 29.6 Å². The van der Waals surface area contributed by atoms with Crippen molar-refractivity contribution in [3.63, 3.8) is 0 Å². The maximum Gasteiger partial charge on any atom is 0.256 e. The second kappa shape index (κ2) is 7.68. The van der Waals surface area contributed by atoms with Crippen LogP contribution >= 0.6 is 0 Å². The molecule has 4 aliphatic carbocycles. The van der Waals surface area contributed by atoms with Crippen molar-refractivity contribution in [2.75, 3.05) is 18.0 Å². The Hall–Kier alpha value is -2.30. The van der Waals surface area contributed by atoms with Gasteiger partial charge in [0.1, 0.15) is 11.4 Å². The molecule has 1 N–H and O–H groups in total. The lowest BCUT2D eigenvalue weighted by Gasteiger charge is -2.54. The van der Waals surface area contributed by atoms with Gasteiger partial charge < -0.3 is 10.2 Å². The number of para-hydroxylation sites is 1. The molecule has 1 aromatic heterocycles. The molecule has 1 atom stereocenters. The van der Waals surface area contributed by atoms with Crippen LogP contribution in [0.25, 0.3) is 5.69 Å². The number of hydrogen-bond donors (Lipinski definition) is 1. The van der Waals surface area contributed by atoms with Gasteiger partial charge in [-0.05, 0) is 86.7 Å². The van der Waals surface area contributed by atoms with Crippen LogP contribution in [0.2, 0.25) is 0 Å². The molecule has 7 rings (SSSR count). The maximum absolute atomic E-state index is 13.6. The molecule has 2 heterocycles. The summed E-state index contributed by atoms with van der Waals surface area (Å²) in [6, 6.07) is 10.6. The number of anilines is 1. The Morgan fingerprint density at radius 1 is 1.03 bits per heavy atom. The largest absolute Gasteiger partial charge is 0.356 e. The molecule has 5 heteroatoms. The van der Waals surface area contributed by atoms with Gasteiger partial charge in [-0.15, -0.1) is 0 Å². The van der Waals surface area contributed by atoms with E-state index >= 15 is 0 Å². The Bertz CT molecular complexity index is 924. The van der Waals surface area contributed by atoms with E-state index in [0.29, 0.717) is 23.8 Å². The molecule has 2 aromatic rings. The number of nitrogens with zero attached hydrogens (tertiary/aromatic N) is 3. The van der Waals surface area contributed by atoms with E-state index in [1.807, 2.05) is 22.9 Å². The number of piperidine rings is 1. The van der Waals surface area contributed by atoms with Gasteiger partial charge in [-0.1, -0.05) is 25.1 Å². The van der Waals surface area contributed by atoms with E-state index in [1.54, 1.807) is 6.20 Å². The van der Waals surface area contributed by atoms with Crippen LogP contribution in [0.15, 0.2) is 36.5 Å². The quantitative estimate of drug-likeness (QED) is 0.785. The van der Waals surface area contributed by atoms with Crippen LogP contribution in [0.5, 0.6) is 0 Å². The van der Waals surface area contributed by atoms with E-state index in [9.17, 15) is 4.79 Å². The van der Waals surface area contributed by atoms with Crippen molar-refractivity contribution in [2.45, 2.75) is 57.9 Å². The average Bonchev–Trinajstić information content (AvgIpc) is 3.22. The zero-order chi connectivity index (χ0) is 20.9. The Kier molecular flexibility index (Phi) is 4.81. The van der Waals surface area contributed by atoms with Crippen molar-refractivity contribution in [1.82, 2.24) is 15.1 Å². The summed E-state index contributed by atoms with van der Waals surface area (Å²) < 4.78 is 1.98. The van der Waals surface area contributed by atoms with Crippen molar-refractivity contribution < 1.29 is 4.79 Å². The number of aromatic nitrogens is 2. The summed E-state index contributed by atoms with van der Waals surface area (Å²) in [5, 5.41) is 8.22. The van der Waals surface area contributed by atoms with E-state index in [1.165, 1.54) is 38.5 Å². The van der Waals surface area contributed by atoms with Crippen molar-refractivity contribution in [3.05, 3.63) is 42.1 Å². The zero-order valence-electron chi connectivity index (χ0n) is 18.5. The second-order valence-corrected chi connectivity index (χ2v) is 10.8. The first-order valence-electron chi connectivity index (χ1n) is 12.3. The number of rotatable bonds is 4. The summed E-state index contributed by atoms with van der Waals surface area (Å²) >= 11 is 0. The van der Waals surface area contributed by atoms with Crippen molar-refractivity contribution in [1.29, 1.82) is 0 Å². The summed E-state index contributed by atoms with van der Waals surface area (Å²) in [4.78, 5) is 16.0. The number of carbonyl (C=O) groups excluding carboxylic acids is 1. The molecule has 5 nitrogen and oxygen atoms in total. The molecule has 1 unspecified atom stereocenters. The third kappa shape index (κ3) is 3.46. The molecule has 1 amide bonds. The van der Waals surface area contributed by atoms with Crippen LogP contribution in [0.3, 0.4) is 0 Å². The first-order chi connectivity index (χ1) is 15.2. The topological polar surface area (TPSA) is 50.2 Å². The van der Waals surface area contributed by atoms with Gasteiger partial charge >= 0.3 is 0 Å². The van der Waals surface area contributed by atoms with Crippen molar-refractivity contribution in [3.8, 4) is 5.69 Å². The first-order valence-corrected chi connectivity index (χ1v) is 12.3. The second-order valence-electron chi connectivity index (χ2n) is 10.8. The Labute approximate surface area is 185 Å². The number of benzene rings is 1. The molecule has 1 aliphatic heterocycles. The van der Waals surface area contributed by atoms with Crippen LogP contribution in [0.4, 0.5) is 5.82 Å². The number of carbonyl (C=O) groups is 1. The normalized spacial score (nSPS) is 34.2. The third-order valence-corrected chi connectivity index (χ3v) is 8.47. The summed E-state index contributed by atoms with van der Waals surface area (Å²) in [5.41, 5.74) is 1.76. The molecule has 31 heavy (non-hydrogen) atoms. The lowest BCUT2D eigenvalue weighted by Crippen LogP contribution is -2.55. The first kappa shape index (κ1) is 19.4. The lowest BCUT2D eigenvalue weighted by molar-refractivity contribution is -0.0119. The van der Waals surface area contributed by atoms with E-state index < -0.39 is 0 Å². The highest BCUT2D eigenvalue weighted by Crippen LogP contribution is 2.53. The highest BCUT2D eigenvalue weighted by atomic mass is 16.1. The predicted molar refractivity (Wildman–Crippen MR) is 122 cm³/mol. The fourth-order valence-corrected chi connectivity index (χ4v) is 7.34. The highest BCUT2D eigenvalue weighted by Gasteiger charge is 2.48. The molecule has 4 saturated carbocycles. The fraction of sp³-hybridized carbons (Fsp3) is 0.615. The fourth-order valence-electron chi connectivity index (χ4n) is 7.34. The molecule has 0 radical (unpaired) electrons. The van der Waals surface area contributed by atoms with Gasteiger partial charge in [0.15, 0.2) is 0 Å². The summed E-state index contributed by atoms with van der Waals surface area (Å²) in [5.74, 6) is 4.88. The maximum atomic E-state index is 13.6. The third-order valence-electron chi connectivity index (χ3n) is 8.47. The van der Waals surface area contributed by atoms with Crippen LogP contribution < -0.4 is 10.2 Å². The summed E-state index contributed by atoms with van der Waals surface area (Å²) in [6.45, 7) is 4.28. The number of nitrogens with one attached hydrogen (secondary N) is 1. The molecular formula is C26H34N4O. The van der Waals surface area contributed by atoms with Gasteiger partial charge in [0.2, 0.25) is 0 Å². The molecule has 0 spiro atoms. The molecule has 164 valence electrons. The van der Waals surface area contributed by atoms with E-state index in [4.69, 9.17) is 5.10 Å². The standard InChI is InChI=1S/C26H34N4O/c1-17-6-5-9-29(16-17)26-23(15-27-30(26)22-7-3-2-4-8-22)25(31)28-24-20-11-18-10-19(13-20)14-21(24)12-18/h2-4,7-8,15,17-21,24H,5-6,9-14,16H2,1H3,(H,28,31). The van der Waals surface area contributed by atoms with Crippen LogP contribution in [0.1, 0.15) is 62.2 Å². The molecule has 1 saturated heterocycles. The highest BCUT2D eigenvalue weighted by molar-refractivity contribution is 5.99. The van der Waals surface area contributed by atoms with Crippen LogP contribution in [-0.4, -0.2) is 34.8 Å². The number of amides is 1. The van der Waals surface area contributed by atoms with Gasteiger partial charge in [0.25, 0.3) is 5.91 Å². The summed E-state index contributed by atoms with van der Waals surface area (Å²) in [6.07, 6.45) is 10.9. The van der Waals surface area contributed by atoms with Crippen molar-refractivity contribution >= 4 is 11.7 Å². The SMILES string of the molecule is CC1CCCN(c2c(C(=O)NC3C4CC5CC(C4)CC3C5)cnn2-c2ccccc2)C1. The Morgan fingerprint density at radius 2 is 1.74 bits per heavy atom. The van der Waals surface area contributed by atoms with Crippen molar-refractivity contribution in [2.24, 2.45) is 29.6 Å². The molecule has 5 aliphatic rings. The summed E-state index contributed by atoms with van der Waals surface area (Å²) in [7, 11) is 0. The van der Waals surface area contributed by atoms with E-state index in [2.05, 4.69) is 29.3 Å². The molecule has 1 aromatic carbocycles. The minimum absolute atomic E-state index is 0.0767. The zero-order valence-corrected chi connectivity index (χ0v) is 18.5. The monoisotopic (exact) mass is 418 g/mol. The van der Waals surface area contributed by atoms with Gasteiger partial charge in [0, 0.05) is 19.1 Å². The van der Waals surface area contributed by atoms with Gasteiger partial charge in [0.05, 0.1) is 11.9 Å². The molecule has 4 bridgehead atoms. The molecule has 5 fully saturated rings. The Balaban J connectivity index is 1.31. The predicted octanol–water partition coefficient (Wildman–Crippen LogP) is 4.66. The van der Waals surface area contributed by atoms with Gasteiger partial charge in [-0.3, -0.25) is 4.79 Å².